The van der Waals surface area contributed by atoms with Crippen LogP contribution in [0.3, 0.4) is 0 Å². The molecule has 0 saturated heterocycles. The Bertz CT molecular complexity index is 359. The smallest absolute Gasteiger partial charge is 0.0332 e. The molecule has 0 aliphatic heterocycles. The molecule has 0 N–H and O–H groups in total. The summed E-state index contributed by atoms with van der Waals surface area (Å²) in [5, 5.41) is 0. The van der Waals surface area contributed by atoms with Crippen molar-refractivity contribution in [1.82, 2.24) is 0 Å². The maximum absolute atomic E-state index is 2.43. The summed E-state index contributed by atoms with van der Waals surface area (Å²) < 4.78 is 0. The predicted molar refractivity (Wildman–Crippen MR) is 115 cm³/mol. The monoisotopic (exact) mass is 350 g/mol. The highest BCUT2D eigenvalue weighted by atomic mass is 14.4. The van der Waals surface area contributed by atoms with Gasteiger partial charge in [-0.3, -0.25) is 0 Å². The van der Waals surface area contributed by atoms with Gasteiger partial charge >= 0.3 is 0 Å². The van der Waals surface area contributed by atoms with E-state index in [-0.39, 0.29) is 0 Å². The first-order valence-electron chi connectivity index (χ1n) is 11.4. The Morgan fingerprint density at radius 2 is 1.08 bits per heavy atom. The Balaban J connectivity index is 0.000000257. The van der Waals surface area contributed by atoms with E-state index in [0.717, 1.165) is 47.3 Å². The van der Waals surface area contributed by atoms with Crippen molar-refractivity contribution in [2.45, 2.75) is 108 Å². The van der Waals surface area contributed by atoms with E-state index in [2.05, 4.69) is 69.2 Å². The number of hydrogen-bond donors (Lipinski definition) is 0. The molecule has 2 rings (SSSR count). The molecule has 150 valence electrons. The van der Waals surface area contributed by atoms with Crippen LogP contribution in [0.15, 0.2) is 0 Å². The van der Waals surface area contributed by atoms with E-state index in [1.54, 1.807) is 0 Å². The average Bonchev–Trinajstić information content (AvgIpc) is 2.46. The topological polar surface area (TPSA) is 0 Å². The van der Waals surface area contributed by atoms with Crippen LogP contribution in [0.1, 0.15) is 108 Å². The van der Waals surface area contributed by atoms with E-state index >= 15 is 0 Å². The molecule has 0 heterocycles. The van der Waals surface area contributed by atoms with E-state index in [4.69, 9.17) is 0 Å². The highest BCUT2D eigenvalue weighted by Gasteiger charge is 2.37. The molecule has 4 unspecified atom stereocenters. The molecule has 0 nitrogen and oxygen atoms in total. The van der Waals surface area contributed by atoms with E-state index in [1.165, 1.54) is 38.5 Å². The summed E-state index contributed by atoms with van der Waals surface area (Å²) in [4.78, 5) is 0. The lowest BCUT2D eigenvalue weighted by atomic mass is 9.61. The van der Waals surface area contributed by atoms with Crippen molar-refractivity contribution in [2.75, 3.05) is 0 Å². The van der Waals surface area contributed by atoms with Gasteiger partial charge in [-0.15, -0.1) is 0 Å². The van der Waals surface area contributed by atoms with E-state index in [9.17, 15) is 0 Å². The van der Waals surface area contributed by atoms with Crippen LogP contribution in [0.5, 0.6) is 0 Å². The molecule has 0 aromatic heterocycles. The molecular weight excluding hydrogens is 300 g/mol. The Hall–Kier alpha value is 0. The predicted octanol–water partition coefficient (Wildman–Crippen LogP) is 8.46. The SMILES string of the molecule is CC(C)C1CC[C@@H](C)C[C@H]1C.CC1CCC(C(C)C)C(C(C)(C)C)C1. The van der Waals surface area contributed by atoms with Crippen LogP contribution in [0.4, 0.5) is 0 Å². The molecule has 2 saturated carbocycles. The van der Waals surface area contributed by atoms with Crippen molar-refractivity contribution in [2.24, 2.45) is 52.8 Å². The maximum Gasteiger partial charge on any atom is -0.0332 e. The van der Waals surface area contributed by atoms with Gasteiger partial charge in [-0.25, -0.2) is 0 Å². The van der Waals surface area contributed by atoms with E-state index in [1.807, 2.05) is 0 Å². The lowest BCUT2D eigenvalue weighted by molar-refractivity contribution is 0.0538. The quantitative estimate of drug-likeness (QED) is 0.468. The molecule has 6 atom stereocenters. The molecule has 2 aliphatic rings. The van der Waals surface area contributed by atoms with Crippen LogP contribution in [-0.4, -0.2) is 0 Å². The Morgan fingerprint density at radius 3 is 1.48 bits per heavy atom. The summed E-state index contributed by atoms with van der Waals surface area (Å²) in [6, 6.07) is 0. The first-order chi connectivity index (χ1) is 11.4. The van der Waals surface area contributed by atoms with Gasteiger partial charge in [0.1, 0.15) is 0 Å². The third kappa shape index (κ3) is 7.26. The zero-order valence-electron chi connectivity index (χ0n) is 19.4. The highest BCUT2D eigenvalue weighted by molar-refractivity contribution is 4.87. The third-order valence-corrected chi connectivity index (χ3v) is 7.49. The van der Waals surface area contributed by atoms with Gasteiger partial charge in [-0.1, -0.05) is 82.1 Å². The first-order valence-corrected chi connectivity index (χ1v) is 11.4. The molecule has 2 fully saturated rings. The summed E-state index contributed by atoms with van der Waals surface area (Å²) in [7, 11) is 0. The second-order valence-electron chi connectivity index (χ2n) is 11.6. The standard InChI is InChI=1S/C14H28.C11H22/c1-10(2)12-8-7-11(3)9-13(12)14(4,5)6;1-8(2)11-6-5-9(3)7-10(11)4/h10-13H,7-9H2,1-6H3;8-11H,5-7H2,1-4H3/t;9-,10-,11?/m.1/s1. The fraction of sp³-hybridized carbons (Fsp3) is 1.00. The van der Waals surface area contributed by atoms with E-state index in [0.29, 0.717) is 5.41 Å². The number of rotatable bonds is 2. The van der Waals surface area contributed by atoms with Crippen molar-refractivity contribution >= 4 is 0 Å². The molecule has 0 amide bonds. The molecule has 25 heavy (non-hydrogen) atoms. The summed E-state index contributed by atoms with van der Waals surface area (Å²) in [6.07, 6.45) is 8.76. The minimum absolute atomic E-state index is 0.504. The molecule has 0 aromatic rings. The molecule has 0 heteroatoms. The summed E-state index contributed by atoms with van der Waals surface area (Å²) in [5.41, 5.74) is 0.504. The largest absolute Gasteiger partial charge is 0.0625 e. The van der Waals surface area contributed by atoms with Crippen molar-refractivity contribution in [3.8, 4) is 0 Å². The highest BCUT2D eigenvalue weighted by Crippen LogP contribution is 2.46. The van der Waals surface area contributed by atoms with Gasteiger partial charge in [0.15, 0.2) is 0 Å². The Labute approximate surface area is 160 Å². The third-order valence-electron chi connectivity index (χ3n) is 7.49. The minimum atomic E-state index is 0.504. The van der Waals surface area contributed by atoms with Crippen LogP contribution < -0.4 is 0 Å². The van der Waals surface area contributed by atoms with Crippen molar-refractivity contribution in [1.29, 1.82) is 0 Å². The Morgan fingerprint density at radius 1 is 0.640 bits per heavy atom. The van der Waals surface area contributed by atoms with Crippen molar-refractivity contribution < 1.29 is 0 Å². The van der Waals surface area contributed by atoms with Crippen LogP contribution in [0, 0.1) is 52.8 Å². The van der Waals surface area contributed by atoms with Gasteiger partial charge < -0.3 is 0 Å². The second kappa shape index (κ2) is 9.80. The van der Waals surface area contributed by atoms with Gasteiger partial charge in [-0.05, 0) is 78.4 Å². The van der Waals surface area contributed by atoms with Crippen molar-refractivity contribution in [3.05, 3.63) is 0 Å². The van der Waals surface area contributed by atoms with Gasteiger partial charge in [-0.2, -0.15) is 0 Å². The van der Waals surface area contributed by atoms with Crippen molar-refractivity contribution in [3.63, 3.8) is 0 Å². The van der Waals surface area contributed by atoms with Crippen LogP contribution >= 0.6 is 0 Å². The molecule has 2 aliphatic carbocycles. The zero-order chi connectivity index (χ0) is 19.4. The first kappa shape index (κ1) is 23.0. The molecule has 0 aromatic carbocycles. The van der Waals surface area contributed by atoms with Gasteiger partial charge in [0, 0.05) is 0 Å². The lowest BCUT2D eigenvalue weighted by Crippen LogP contribution is -2.36. The molecule has 0 spiro atoms. The molecular formula is C25H50. The summed E-state index contributed by atoms with van der Waals surface area (Å²) >= 11 is 0. The van der Waals surface area contributed by atoms with Gasteiger partial charge in [0.2, 0.25) is 0 Å². The van der Waals surface area contributed by atoms with Crippen LogP contribution in [0.25, 0.3) is 0 Å². The normalized spacial score (nSPS) is 37.0. The van der Waals surface area contributed by atoms with Gasteiger partial charge in [0.25, 0.3) is 0 Å². The maximum atomic E-state index is 2.43. The molecule has 0 bridgehead atoms. The zero-order valence-corrected chi connectivity index (χ0v) is 19.4. The fourth-order valence-corrected chi connectivity index (χ4v) is 5.88. The summed E-state index contributed by atoms with van der Waals surface area (Å²) in [6.45, 7) is 24.1. The average molecular weight is 351 g/mol. The number of hydrogen-bond acceptors (Lipinski definition) is 0. The van der Waals surface area contributed by atoms with Crippen LogP contribution in [0.2, 0.25) is 0 Å². The van der Waals surface area contributed by atoms with E-state index < -0.39 is 0 Å². The minimum Gasteiger partial charge on any atom is -0.0625 e. The second-order valence-corrected chi connectivity index (χ2v) is 11.6. The van der Waals surface area contributed by atoms with Crippen LogP contribution in [-0.2, 0) is 0 Å². The summed E-state index contributed by atoms with van der Waals surface area (Å²) in [5.74, 6) is 7.58. The van der Waals surface area contributed by atoms with Gasteiger partial charge in [0.05, 0.1) is 0 Å². The fourth-order valence-electron chi connectivity index (χ4n) is 5.88. The molecule has 0 radical (unpaired) electrons. The Kier molecular flexibility index (Phi) is 9.03. The lowest BCUT2D eigenvalue weighted by Gasteiger charge is -2.44.